The zero-order valence-electron chi connectivity index (χ0n) is 15.5. The minimum atomic E-state index is -0.618. The third-order valence-corrected chi connectivity index (χ3v) is 4.16. The Morgan fingerprint density at radius 1 is 0.885 bits per heavy atom. The highest BCUT2D eigenvalue weighted by Crippen LogP contribution is 2.14. The molecule has 2 aromatic rings. The molecule has 0 atom stereocenters. The van der Waals surface area contributed by atoms with Gasteiger partial charge in [0.25, 0.3) is 0 Å². The number of rotatable bonds is 7. The Balaban J connectivity index is 1.72. The number of hydrogen-bond acceptors (Lipinski definition) is 3. The van der Waals surface area contributed by atoms with Gasteiger partial charge >= 0.3 is 11.8 Å². The van der Waals surface area contributed by atoms with Crippen LogP contribution in [0.2, 0.25) is 0 Å². The van der Waals surface area contributed by atoms with Crippen molar-refractivity contribution in [2.45, 2.75) is 32.7 Å². The van der Waals surface area contributed by atoms with E-state index >= 15 is 0 Å². The molecule has 0 radical (unpaired) electrons. The fraction of sp³-hybridized carbons (Fsp3) is 0.333. The molecule has 0 aliphatic carbocycles. The van der Waals surface area contributed by atoms with Crippen LogP contribution in [-0.4, -0.2) is 25.5 Å². The van der Waals surface area contributed by atoms with Crippen LogP contribution in [0.25, 0.3) is 0 Å². The standard InChI is InChI=1S/C21H26N2O3/c1-15(2)18-8-4-17(5-9-18)14-23-21(25)20(24)22-13-12-16-6-10-19(26-3)11-7-16/h4-11,15H,12-14H2,1-3H3,(H,22,24)(H,23,25). The summed E-state index contributed by atoms with van der Waals surface area (Å²) in [6, 6.07) is 15.6. The molecular weight excluding hydrogens is 328 g/mol. The maximum Gasteiger partial charge on any atom is 0.309 e. The number of carbonyl (C=O) groups excluding carboxylic acids is 2. The Bertz CT molecular complexity index is 722. The Kier molecular flexibility index (Phi) is 7.21. The second-order valence-electron chi connectivity index (χ2n) is 6.43. The number of nitrogens with one attached hydrogen (secondary N) is 2. The third kappa shape index (κ3) is 5.92. The van der Waals surface area contributed by atoms with Crippen LogP contribution < -0.4 is 15.4 Å². The molecule has 5 heteroatoms. The van der Waals surface area contributed by atoms with E-state index in [2.05, 4.69) is 24.5 Å². The molecule has 0 aliphatic heterocycles. The van der Waals surface area contributed by atoms with Crippen molar-refractivity contribution in [2.75, 3.05) is 13.7 Å². The van der Waals surface area contributed by atoms with E-state index in [9.17, 15) is 9.59 Å². The zero-order chi connectivity index (χ0) is 18.9. The topological polar surface area (TPSA) is 67.4 Å². The normalized spacial score (nSPS) is 10.5. The fourth-order valence-electron chi connectivity index (χ4n) is 2.48. The average Bonchev–Trinajstić information content (AvgIpc) is 2.66. The van der Waals surface area contributed by atoms with E-state index in [1.165, 1.54) is 5.56 Å². The summed E-state index contributed by atoms with van der Waals surface area (Å²) in [6.45, 7) is 5.00. The first-order valence-electron chi connectivity index (χ1n) is 8.77. The number of hydrogen-bond donors (Lipinski definition) is 2. The minimum absolute atomic E-state index is 0.336. The third-order valence-electron chi connectivity index (χ3n) is 4.16. The Hall–Kier alpha value is -2.82. The lowest BCUT2D eigenvalue weighted by Gasteiger charge is -2.09. The van der Waals surface area contributed by atoms with Gasteiger partial charge in [0.15, 0.2) is 0 Å². The van der Waals surface area contributed by atoms with Crippen molar-refractivity contribution in [2.24, 2.45) is 0 Å². The summed E-state index contributed by atoms with van der Waals surface area (Å²) in [6.07, 6.45) is 0.652. The number of methoxy groups -OCH3 is 1. The summed E-state index contributed by atoms with van der Waals surface area (Å²) in [7, 11) is 1.62. The summed E-state index contributed by atoms with van der Waals surface area (Å²) in [4.78, 5) is 23.7. The molecular formula is C21H26N2O3. The predicted octanol–water partition coefficient (Wildman–Crippen LogP) is 2.79. The highest BCUT2D eigenvalue weighted by molar-refractivity contribution is 6.35. The van der Waals surface area contributed by atoms with Crippen molar-refractivity contribution in [3.63, 3.8) is 0 Å². The number of benzene rings is 2. The van der Waals surface area contributed by atoms with E-state index in [4.69, 9.17) is 4.74 Å². The summed E-state index contributed by atoms with van der Waals surface area (Å²) < 4.78 is 5.10. The first-order chi connectivity index (χ1) is 12.5. The van der Waals surface area contributed by atoms with E-state index in [0.29, 0.717) is 25.4 Å². The molecule has 138 valence electrons. The molecule has 2 rings (SSSR count). The molecule has 2 amide bonds. The highest BCUT2D eigenvalue weighted by atomic mass is 16.5. The monoisotopic (exact) mass is 354 g/mol. The first-order valence-corrected chi connectivity index (χ1v) is 8.77. The lowest BCUT2D eigenvalue weighted by molar-refractivity contribution is -0.139. The first kappa shape index (κ1) is 19.5. The van der Waals surface area contributed by atoms with Crippen molar-refractivity contribution < 1.29 is 14.3 Å². The van der Waals surface area contributed by atoms with Gasteiger partial charge in [0.1, 0.15) is 5.75 Å². The van der Waals surface area contributed by atoms with Crippen molar-refractivity contribution in [3.05, 3.63) is 65.2 Å². The summed E-state index contributed by atoms with van der Waals surface area (Å²) in [5.41, 5.74) is 3.28. The van der Waals surface area contributed by atoms with Crippen LogP contribution in [0.4, 0.5) is 0 Å². The minimum Gasteiger partial charge on any atom is -0.497 e. The van der Waals surface area contributed by atoms with Gasteiger partial charge in [-0.3, -0.25) is 9.59 Å². The lowest BCUT2D eigenvalue weighted by atomic mass is 10.0. The Morgan fingerprint density at radius 2 is 1.46 bits per heavy atom. The molecule has 0 saturated heterocycles. The predicted molar refractivity (Wildman–Crippen MR) is 102 cm³/mol. The molecule has 2 N–H and O–H groups in total. The highest BCUT2D eigenvalue weighted by Gasteiger charge is 2.12. The van der Waals surface area contributed by atoms with Crippen LogP contribution in [0.15, 0.2) is 48.5 Å². The van der Waals surface area contributed by atoms with Gasteiger partial charge in [0.2, 0.25) is 0 Å². The SMILES string of the molecule is COc1ccc(CCNC(=O)C(=O)NCc2ccc(C(C)C)cc2)cc1. The van der Waals surface area contributed by atoms with Crippen molar-refractivity contribution in [1.29, 1.82) is 0 Å². The molecule has 0 bridgehead atoms. The smallest absolute Gasteiger partial charge is 0.309 e. The van der Waals surface area contributed by atoms with Crippen LogP contribution >= 0.6 is 0 Å². The van der Waals surface area contributed by atoms with Crippen LogP contribution in [0.3, 0.4) is 0 Å². The van der Waals surface area contributed by atoms with E-state index in [1.54, 1.807) is 7.11 Å². The summed E-state index contributed by atoms with van der Waals surface area (Å²) in [5.74, 6) is 0.0266. The maximum atomic E-state index is 11.9. The summed E-state index contributed by atoms with van der Waals surface area (Å²) >= 11 is 0. The van der Waals surface area contributed by atoms with E-state index in [-0.39, 0.29) is 0 Å². The fourth-order valence-corrected chi connectivity index (χ4v) is 2.48. The molecule has 2 aromatic carbocycles. The molecule has 26 heavy (non-hydrogen) atoms. The van der Waals surface area contributed by atoms with Crippen LogP contribution in [0, 0.1) is 0 Å². The van der Waals surface area contributed by atoms with Crippen LogP contribution in [0.5, 0.6) is 5.75 Å². The molecule has 0 unspecified atom stereocenters. The van der Waals surface area contributed by atoms with Gasteiger partial charge < -0.3 is 15.4 Å². The molecule has 0 spiro atoms. The second kappa shape index (κ2) is 9.61. The lowest BCUT2D eigenvalue weighted by Crippen LogP contribution is -2.40. The number of carbonyl (C=O) groups is 2. The van der Waals surface area contributed by atoms with Gasteiger partial charge in [-0.1, -0.05) is 50.2 Å². The van der Waals surface area contributed by atoms with Gasteiger partial charge in [0.05, 0.1) is 7.11 Å². The van der Waals surface area contributed by atoms with Gasteiger partial charge in [-0.15, -0.1) is 0 Å². The van der Waals surface area contributed by atoms with Gasteiger partial charge in [-0.05, 0) is 41.2 Å². The number of amides is 2. The molecule has 0 aliphatic rings. The zero-order valence-corrected chi connectivity index (χ0v) is 15.5. The van der Waals surface area contributed by atoms with Gasteiger partial charge in [0, 0.05) is 13.1 Å². The molecule has 0 saturated carbocycles. The van der Waals surface area contributed by atoms with E-state index in [1.807, 2.05) is 48.5 Å². The number of ether oxygens (including phenoxy) is 1. The molecule has 0 heterocycles. The molecule has 0 aromatic heterocycles. The van der Waals surface area contributed by atoms with Crippen LogP contribution in [0.1, 0.15) is 36.5 Å². The maximum absolute atomic E-state index is 11.9. The second-order valence-corrected chi connectivity index (χ2v) is 6.43. The van der Waals surface area contributed by atoms with Crippen molar-refractivity contribution >= 4 is 11.8 Å². The Labute approximate surface area is 154 Å². The molecule has 5 nitrogen and oxygen atoms in total. The summed E-state index contributed by atoms with van der Waals surface area (Å²) in [5, 5.41) is 5.28. The Morgan fingerprint density at radius 3 is 2.04 bits per heavy atom. The quantitative estimate of drug-likeness (QED) is 0.752. The van der Waals surface area contributed by atoms with Crippen LogP contribution in [-0.2, 0) is 22.6 Å². The van der Waals surface area contributed by atoms with E-state index in [0.717, 1.165) is 16.9 Å². The van der Waals surface area contributed by atoms with Gasteiger partial charge in [-0.2, -0.15) is 0 Å². The largest absolute Gasteiger partial charge is 0.497 e. The van der Waals surface area contributed by atoms with Crippen molar-refractivity contribution in [3.8, 4) is 5.75 Å². The van der Waals surface area contributed by atoms with Crippen molar-refractivity contribution in [1.82, 2.24) is 10.6 Å². The molecule has 0 fully saturated rings. The average molecular weight is 354 g/mol. The van der Waals surface area contributed by atoms with E-state index < -0.39 is 11.8 Å². The van der Waals surface area contributed by atoms with Gasteiger partial charge in [-0.25, -0.2) is 0 Å².